The summed E-state index contributed by atoms with van der Waals surface area (Å²) in [6.07, 6.45) is 2.60. The molecule has 20 heavy (non-hydrogen) atoms. The molecule has 0 radical (unpaired) electrons. The molecule has 1 heterocycles. The van der Waals surface area contributed by atoms with Gasteiger partial charge in [0, 0.05) is 17.8 Å². The van der Waals surface area contributed by atoms with Gasteiger partial charge in [-0.15, -0.1) is 0 Å². The molecule has 0 saturated carbocycles. The van der Waals surface area contributed by atoms with Crippen molar-refractivity contribution in [2.45, 2.75) is 33.1 Å². The quantitative estimate of drug-likeness (QED) is 0.745. The van der Waals surface area contributed by atoms with Crippen LogP contribution in [0.5, 0.6) is 11.6 Å². The van der Waals surface area contributed by atoms with Gasteiger partial charge in [-0.1, -0.05) is 32.0 Å². The molecule has 1 aromatic heterocycles. The Kier molecular flexibility index (Phi) is 4.51. The van der Waals surface area contributed by atoms with Crippen molar-refractivity contribution < 1.29 is 9.53 Å². The molecule has 0 aliphatic rings. The summed E-state index contributed by atoms with van der Waals surface area (Å²) in [5.74, 6) is 1.77. The van der Waals surface area contributed by atoms with Crippen LogP contribution < -0.4 is 4.74 Å². The van der Waals surface area contributed by atoms with E-state index in [2.05, 4.69) is 24.9 Å². The predicted octanol–water partition coefficient (Wildman–Crippen LogP) is 4.59. The van der Waals surface area contributed by atoms with E-state index in [1.165, 1.54) is 12.5 Å². The number of hydrogen-bond acceptors (Lipinski definition) is 3. The Bertz CT molecular complexity index is 590. The van der Waals surface area contributed by atoms with Gasteiger partial charge in [0.1, 0.15) is 5.75 Å². The molecule has 0 amide bonds. The molecule has 0 saturated heterocycles. The summed E-state index contributed by atoms with van der Waals surface area (Å²) >= 11 is 0. The number of carbonyl (C=O) groups is 1. The highest BCUT2D eigenvalue weighted by Crippen LogP contribution is 2.31. The number of pyridine rings is 1. The molecular weight excluding hydrogens is 250 g/mol. The molecule has 104 valence electrons. The lowest BCUT2D eigenvalue weighted by Gasteiger charge is -2.14. The van der Waals surface area contributed by atoms with Gasteiger partial charge in [0.2, 0.25) is 5.88 Å². The van der Waals surface area contributed by atoms with Gasteiger partial charge in [0.15, 0.2) is 5.78 Å². The average molecular weight is 269 g/mol. The van der Waals surface area contributed by atoms with Gasteiger partial charge in [-0.05, 0) is 37.0 Å². The van der Waals surface area contributed by atoms with Crippen LogP contribution in [0.2, 0.25) is 0 Å². The molecule has 1 atom stereocenters. The van der Waals surface area contributed by atoms with Crippen molar-refractivity contribution in [3.8, 4) is 11.6 Å². The zero-order chi connectivity index (χ0) is 14.5. The molecule has 2 aromatic rings. The summed E-state index contributed by atoms with van der Waals surface area (Å²) in [6.45, 7) is 5.85. The molecule has 1 unspecified atom stereocenters. The number of ether oxygens (including phenoxy) is 1. The standard InChI is InChI=1S/C17H19NO2/c1-4-12(2)15-7-5-6-8-16(15)20-17-10-9-14(11-18-17)13(3)19/h5-12H,4H2,1-3H3. The van der Waals surface area contributed by atoms with Gasteiger partial charge in [-0.3, -0.25) is 4.79 Å². The monoisotopic (exact) mass is 269 g/mol. The Hall–Kier alpha value is -2.16. The molecular formula is C17H19NO2. The van der Waals surface area contributed by atoms with Gasteiger partial charge in [-0.25, -0.2) is 4.98 Å². The minimum Gasteiger partial charge on any atom is -0.439 e. The molecule has 0 aliphatic heterocycles. The molecule has 3 nitrogen and oxygen atoms in total. The summed E-state index contributed by atoms with van der Waals surface area (Å²) in [7, 11) is 0. The molecule has 2 rings (SSSR count). The van der Waals surface area contributed by atoms with E-state index in [1.54, 1.807) is 18.3 Å². The van der Waals surface area contributed by atoms with E-state index in [4.69, 9.17) is 4.74 Å². The van der Waals surface area contributed by atoms with E-state index in [-0.39, 0.29) is 5.78 Å². The highest BCUT2D eigenvalue weighted by atomic mass is 16.5. The highest BCUT2D eigenvalue weighted by Gasteiger charge is 2.11. The Morgan fingerprint density at radius 2 is 2.00 bits per heavy atom. The van der Waals surface area contributed by atoms with Crippen molar-refractivity contribution in [1.29, 1.82) is 0 Å². The van der Waals surface area contributed by atoms with Crippen LogP contribution in [0.25, 0.3) is 0 Å². The number of carbonyl (C=O) groups excluding carboxylic acids is 1. The third kappa shape index (κ3) is 3.23. The summed E-state index contributed by atoms with van der Waals surface area (Å²) in [5, 5.41) is 0. The fraction of sp³-hybridized carbons (Fsp3) is 0.294. The second kappa shape index (κ2) is 6.33. The zero-order valence-electron chi connectivity index (χ0n) is 12.1. The molecule has 0 N–H and O–H groups in total. The SMILES string of the molecule is CCC(C)c1ccccc1Oc1ccc(C(C)=O)cn1. The number of nitrogens with zero attached hydrogens (tertiary/aromatic N) is 1. The summed E-state index contributed by atoms with van der Waals surface area (Å²) in [6, 6.07) is 11.4. The van der Waals surface area contributed by atoms with E-state index in [9.17, 15) is 4.79 Å². The van der Waals surface area contributed by atoms with Crippen LogP contribution in [0.15, 0.2) is 42.6 Å². The van der Waals surface area contributed by atoms with Crippen molar-refractivity contribution in [3.05, 3.63) is 53.7 Å². The summed E-state index contributed by atoms with van der Waals surface area (Å²) < 4.78 is 5.84. The second-order valence-corrected chi connectivity index (χ2v) is 4.89. The molecule has 1 aromatic carbocycles. The fourth-order valence-corrected chi connectivity index (χ4v) is 1.96. The molecule has 0 aliphatic carbocycles. The van der Waals surface area contributed by atoms with Gasteiger partial charge < -0.3 is 4.74 Å². The number of hydrogen-bond donors (Lipinski definition) is 0. The molecule has 0 fully saturated rings. The van der Waals surface area contributed by atoms with E-state index in [0.717, 1.165) is 12.2 Å². The topological polar surface area (TPSA) is 39.2 Å². The lowest BCUT2D eigenvalue weighted by molar-refractivity contribution is 0.101. The zero-order valence-corrected chi connectivity index (χ0v) is 12.1. The van der Waals surface area contributed by atoms with Crippen LogP contribution in [0, 0.1) is 0 Å². The Morgan fingerprint density at radius 3 is 2.60 bits per heavy atom. The Morgan fingerprint density at radius 1 is 1.25 bits per heavy atom. The van der Waals surface area contributed by atoms with Crippen molar-refractivity contribution in [3.63, 3.8) is 0 Å². The van der Waals surface area contributed by atoms with Crippen molar-refractivity contribution in [1.82, 2.24) is 4.98 Å². The van der Waals surface area contributed by atoms with Crippen molar-refractivity contribution >= 4 is 5.78 Å². The first kappa shape index (κ1) is 14.3. The van der Waals surface area contributed by atoms with Crippen LogP contribution in [0.4, 0.5) is 0 Å². The van der Waals surface area contributed by atoms with E-state index >= 15 is 0 Å². The lowest BCUT2D eigenvalue weighted by Crippen LogP contribution is -1.98. The maximum atomic E-state index is 11.2. The van der Waals surface area contributed by atoms with Crippen molar-refractivity contribution in [2.24, 2.45) is 0 Å². The smallest absolute Gasteiger partial charge is 0.219 e. The number of benzene rings is 1. The van der Waals surface area contributed by atoms with Crippen LogP contribution in [0.3, 0.4) is 0 Å². The minimum absolute atomic E-state index is 0.00375. The van der Waals surface area contributed by atoms with Crippen LogP contribution >= 0.6 is 0 Å². The second-order valence-electron chi connectivity index (χ2n) is 4.89. The van der Waals surface area contributed by atoms with Crippen LogP contribution in [0.1, 0.15) is 49.0 Å². The largest absolute Gasteiger partial charge is 0.439 e. The third-order valence-electron chi connectivity index (χ3n) is 3.42. The number of Topliss-reactive ketones (excluding diaryl/α,β-unsaturated/α-hetero) is 1. The van der Waals surface area contributed by atoms with Gasteiger partial charge in [-0.2, -0.15) is 0 Å². The Labute approximate surface area is 119 Å². The number of ketones is 1. The van der Waals surface area contributed by atoms with E-state index in [0.29, 0.717) is 17.4 Å². The first-order valence-corrected chi connectivity index (χ1v) is 6.85. The molecule has 0 bridgehead atoms. The van der Waals surface area contributed by atoms with Crippen molar-refractivity contribution in [2.75, 3.05) is 0 Å². The maximum Gasteiger partial charge on any atom is 0.219 e. The van der Waals surface area contributed by atoms with Gasteiger partial charge in [0.05, 0.1) is 0 Å². The number of rotatable bonds is 5. The fourth-order valence-electron chi connectivity index (χ4n) is 1.96. The van der Waals surface area contributed by atoms with Crippen LogP contribution in [-0.2, 0) is 0 Å². The first-order chi connectivity index (χ1) is 9.61. The lowest BCUT2D eigenvalue weighted by atomic mass is 9.98. The van der Waals surface area contributed by atoms with E-state index < -0.39 is 0 Å². The van der Waals surface area contributed by atoms with Gasteiger partial charge >= 0.3 is 0 Å². The van der Waals surface area contributed by atoms with E-state index in [1.807, 2.05) is 18.2 Å². The van der Waals surface area contributed by atoms with Gasteiger partial charge in [0.25, 0.3) is 0 Å². The number of para-hydroxylation sites is 1. The Balaban J connectivity index is 2.23. The number of aromatic nitrogens is 1. The minimum atomic E-state index is 0.00375. The highest BCUT2D eigenvalue weighted by molar-refractivity contribution is 5.93. The summed E-state index contributed by atoms with van der Waals surface area (Å²) in [4.78, 5) is 15.4. The third-order valence-corrected chi connectivity index (χ3v) is 3.42. The molecule has 0 spiro atoms. The average Bonchev–Trinajstić information content (AvgIpc) is 2.47. The normalized spacial score (nSPS) is 11.9. The predicted molar refractivity (Wildman–Crippen MR) is 79.5 cm³/mol. The molecule has 3 heteroatoms. The van der Waals surface area contributed by atoms with Crippen LogP contribution in [-0.4, -0.2) is 10.8 Å². The summed E-state index contributed by atoms with van der Waals surface area (Å²) in [5.41, 5.74) is 1.76. The first-order valence-electron chi connectivity index (χ1n) is 6.85. The maximum absolute atomic E-state index is 11.2.